The summed E-state index contributed by atoms with van der Waals surface area (Å²) in [5.41, 5.74) is 4.05. The van der Waals surface area contributed by atoms with E-state index in [-0.39, 0.29) is 0 Å². The first-order valence-electron chi connectivity index (χ1n) is 8.27. The van der Waals surface area contributed by atoms with Crippen molar-refractivity contribution in [2.75, 3.05) is 0 Å². The molecule has 0 radical (unpaired) electrons. The first kappa shape index (κ1) is 15.1. The van der Waals surface area contributed by atoms with E-state index in [0.717, 1.165) is 0 Å². The molecular weight excluding hydrogens is 307 g/mol. The van der Waals surface area contributed by atoms with Crippen LogP contribution < -0.4 is 10.6 Å². The third kappa shape index (κ3) is 3.11. The molecule has 0 N–H and O–H groups in total. The molecule has 0 amide bonds. The van der Waals surface area contributed by atoms with Crippen LogP contribution in [0.5, 0.6) is 0 Å². The second-order valence-electron chi connectivity index (χ2n) is 5.92. The van der Waals surface area contributed by atoms with Gasteiger partial charge in [-0.05, 0) is 27.3 Å². The van der Waals surface area contributed by atoms with Crippen molar-refractivity contribution >= 4 is 19.2 Å². The van der Waals surface area contributed by atoms with Gasteiger partial charge in [0.2, 0.25) is 0 Å². The van der Waals surface area contributed by atoms with Crippen molar-refractivity contribution in [1.29, 1.82) is 0 Å². The highest BCUT2D eigenvalue weighted by atomic mass is 31.1. The summed E-state index contributed by atoms with van der Waals surface area (Å²) in [5, 5.41) is 2.84. The Bertz CT molecular complexity index is 879. The van der Waals surface area contributed by atoms with Crippen molar-refractivity contribution in [3.05, 3.63) is 109 Å². The maximum Gasteiger partial charge on any atom is 0.0211 e. The number of rotatable bonds is 4. The summed E-state index contributed by atoms with van der Waals surface area (Å²) in [6.45, 7) is 0. The van der Waals surface area contributed by atoms with Gasteiger partial charge in [-0.25, -0.2) is 0 Å². The standard InChI is InChI=1S/C23H19P/c1-2-10-18(11-3-1)20-14-6-8-16-22(20)24-23-17-9-7-15-21(23)19-12-4-5-13-19/h1-17,19,24H. The van der Waals surface area contributed by atoms with E-state index >= 15 is 0 Å². The number of hydrogen-bond donors (Lipinski definition) is 0. The summed E-state index contributed by atoms with van der Waals surface area (Å²) in [6, 6.07) is 28.3. The third-order valence-corrected chi connectivity index (χ3v) is 5.78. The highest BCUT2D eigenvalue weighted by Crippen LogP contribution is 2.28. The van der Waals surface area contributed by atoms with Crippen molar-refractivity contribution in [2.45, 2.75) is 5.92 Å². The Balaban J connectivity index is 1.73. The Morgan fingerprint density at radius 3 is 2.00 bits per heavy atom. The van der Waals surface area contributed by atoms with Gasteiger partial charge in [-0.3, -0.25) is 0 Å². The van der Waals surface area contributed by atoms with Gasteiger partial charge in [0, 0.05) is 5.92 Å². The van der Waals surface area contributed by atoms with Crippen LogP contribution in [0.2, 0.25) is 0 Å². The van der Waals surface area contributed by atoms with Crippen LogP contribution in [0.15, 0.2) is 103 Å². The lowest BCUT2D eigenvalue weighted by Crippen LogP contribution is -2.12. The number of allylic oxidation sites excluding steroid dienone is 4. The Morgan fingerprint density at radius 2 is 1.21 bits per heavy atom. The summed E-state index contributed by atoms with van der Waals surface area (Å²) < 4.78 is 0. The van der Waals surface area contributed by atoms with Gasteiger partial charge in [-0.15, -0.1) is 0 Å². The Morgan fingerprint density at radius 1 is 0.583 bits per heavy atom. The predicted octanol–water partition coefficient (Wildman–Crippen LogP) is 5.19. The van der Waals surface area contributed by atoms with Crippen molar-refractivity contribution in [3.63, 3.8) is 0 Å². The van der Waals surface area contributed by atoms with Crippen molar-refractivity contribution in [1.82, 2.24) is 0 Å². The fourth-order valence-electron chi connectivity index (χ4n) is 3.15. The predicted molar refractivity (Wildman–Crippen MR) is 107 cm³/mol. The minimum absolute atomic E-state index is 0.414. The van der Waals surface area contributed by atoms with Crippen LogP contribution in [-0.4, -0.2) is 0 Å². The fraction of sp³-hybridized carbons (Fsp3) is 0.0435. The molecule has 24 heavy (non-hydrogen) atoms. The maximum atomic E-state index is 2.27. The minimum atomic E-state index is 0.414. The molecule has 0 heterocycles. The summed E-state index contributed by atoms with van der Waals surface area (Å²) >= 11 is 0. The SMILES string of the molecule is C1=CC(c2ccccc2Pc2ccccc2-c2ccccc2)C=C1. The summed E-state index contributed by atoms with van der Waals surface area (Å²) in [5.74, 6) is 0.414. The molecule has 4 rings (SSSR count). The van der Waals surface area contributed by atoms with Gasteiger partial charge in [0.05, 0.1) is 0 Å². The number of benzene rings is 3. The van der Waals surface area contributed by atoms with Gasteiger partial charge in [0.1, 0.15) is 0 Å². The van der Waals surface area contributed by atoms with Crippen LogP contribution in [0.4, 0.5) is 0 Å². The lowest BCUT2D eigenvalue weighted by Gasteiger charge is -2.15. The highest BCUT2D eigenvalue weighted by molar-refractivity contribution is 7.56. The minimum Gasteiger partial charge on any atom is -0.0732 e. The molecular formula is C23H19P. The molecule has 0 spiro atoms. The van der Waals surface area contributed by atoms with Crippen LogP contribution in [0, 0.1) is 0 Å². The molecule has 1 atom stereocenters. The molecule has 0 saturated carbocycles. The largest absolute Gasteiger partial charge is 0.0732 e. The molecule has 0 bridgehead atoms. The summed E-state index contributed by atoms with van der Waals surface area (Å²) in [4.78, 5) is 0. The lowest BCUT2D eigenvalue weighted by atomic mass is 10.0. The molecule has 1 aliphatic carbocycles. The molecule has 3 aromatic carbocycles. The normalized spacial score (nSPS) is 14.0. The second kappa shape index (κ2) is 6.99. The van der Waals surface area contributed by atoms with E-state index in [1.165, 1.54) is 27.3 Å². The fourth-order valence-corrected chi connectivity index (χ4v) is 4.55. The Hall–Kier alpha value is -2.43. The quantitative estimate of drug-likeness (QED) is 0.579. The van der Waals surface area contributed by atoms with E-state index in [9.17, 15) is 0 Å². The molecule has 116 valence electrons. The van der Waals surface area contributed by atoms with E-state index in [4.69, 9.17) is 0 Å². The molecule has 0 aliphatic heterocycles. The van der Waals surface area contributed by atoms with Crippen LogP contribution in [-0.2, 0) is 0 Å². The van der Waals surface area contributed by atoms with E-state index in [1.807, 2.05) is 0 Å². The molecule has 0 saturated heterocycles. The smallest absolute Gasteiger partial charge is 0.0211 e. The van der Waals surface area contributed by atoms with E-state index in [1.54, 1.807) is 0 Å². The third-order valence-electron chi connectivity index (χ3n) is 4.35. The first-order valence-corrected chi connectivity index (χ1v) is 9.27. The first-order chi connectivity index (χ1) is 11.9. The average molecular weight is 326 g/mol. The maximum absolute atomic E-state index is 2.27. The highest BCUT2D eigenvalue weighted by Gasteiger charge is 2.13. The molecule has 0 fully saturated rings. The monoisotopic (exact) mass is 326 g/mol. The topological polar surface area (TPSA) is 0 Å². The summed E-state index contributed by atoms with van der Waals surface area (Å²) in [6.07, 6.45) is 8.82. The molecule has 1 aliphatic rings. The molecule has 0 nitrogen and oxygen atoms in total. The van der Waals surface area contributed by atoms with Gasteiger partial charge in [0.15, 0.2) is 0 Å². The van der Waals surface area contributed by atoms with Crippen molar-refractivity contribution in [2.24, 2.45) is 0 Å². The van der Waals surface area contributed by atoms with Crippen LogP contribution >= 0.6 is 8.58 Å². The van der Waals surface area contributed by atoms with E-state index in [0.29, 0.717) is 14.5 Å². The Labute approximate surface area is 145 Å². The zero-order valence-corrected chi connectivity index (χ0v) is 14.4. The van der Waals surface area contributed by atoms with Gasteiger partial charge in [-0.1, -0.05) is 112 Å². The van der Waals surface area contributed by atoms with Gasteiger partial charge < -0.3 is 0 Å². The van der Waals surface area contributed by atoms with Crippen molar-refractivity contribution < 1.29 is 0 Å². The molecule has 1 unspecified atom stereocenters. The zero-order valence-electron chi connectivity index (χ0n) is 13.4. The molecule has 1 heteroatoms. The molecule has 0 aromatic heterocycles. The average Bonchev–Trinajstić information content (AvgIpc) is 3.18. The van der Waals surface area contributed by atoms with Gasteiger partial charge in [0.25, 0.3) is 0 Å². The van der Waals surface area contributed by atoms with Crippen molar-refractivity contribution in [3.8, 4) is 11.1 Å². The molecule has 3 aromatic rings. The second-order valence-corrected chi connectivity index (χ2v) is 7.25. The zero-order chi connectivity index (χ0) is 16.2. The van der Waals surface area contributed by atoms with E-state index in [2.05, 4.69) is 103 Å². The van der Waals surface area contributed by atoms with Crippen LogP contribution in [0.3, 0.4) is 0 Å². The van der Waals surface area contributed by atoms with Crippen LogP contribution in [0.25, 0.3) is 11.1 Å². The van der Waals surface area contributed by atoms with Crippen LogP contribution in [0.1, 0.15) is 11.5 Å². The summed E-state index contributed by atoms with van der Waals surface area (Å²) in [7, 11) is 0.659. The van der Waals surface area contributed by atoms with Gasteiger partial charge in [-0.2, -0.15) is 0 Å². The lowest BCUT2D eigenvalue weighted by molar-refractivity contribution is 1.12. The number of hydrogen-bond acceptors (Lipinski definition) is 0. The van der Waals surface area contributed by atoms with Gasteiger partial charge >= 0.3 is 0 Å². The van der Waals surface area contributed by atoms with E-state index < -0.39 is 0 Å². The Kier molecular flexibility index (Phi) is 4.40.